The molecule has 10 aromatic rings. The molecule has 0 bridgehead atoms. The van der Waals surface area contributed by atoms with Crippen molar-refractivity contribution in [1.29, 1.82) is 0 Å². The number of hydrogen-bond acceptors (Lipinski definition) is 3. The molecule has 0 saturated carbocycles. The molecular formula is C38H22N4O. The molecule has 4 heterocycles. The van der Waals surface area contributed by atoms with E-state index in [1.165, 1.54) is 10.8 Å². The third-order valence-electron chi connectivity index (χ3n) is 8.75. The summed E-state index contributed by atoms with van der Waals surface area (Å²) in [4.78, 5) is 9.83. The molecule has 0 aliphatic carbocycles. The van der Waals surface area contributed by atoms with Gasteiger partial charge in [-0.2, -0.15) is 0 Å². The molecule has 0 spiro atoms. The lowest BCUT2D eigenvalue weighted by atomic mass is 10.1. The Hall–Kier alpha value is -5.94. The van der Waals surface area contributed by atoms with Gasteiger partial charge < -0.3 is 8.98 Å². The standard InChI is InChI=1S/C38H22N4O/c1-2-10-23(11-3-1)41-32-20-18-25-24-12-5-9-17-33(24)43-38(25)36(32)27-19-21-31-35(37(27)41)26-13-4-8-16-30(26)42(31)34-22-39-28-14-6-7-15-29(28)40-34/h1-22H. The molecule has 0 aliphatic rings. The highest BCUT2D eigenvalue weighted by molar-refractivity contribution is 6.30. The summed E-state index contributed by atoms with van der Waals surface area (Å²) >= 11 is 0. The first-order valence-corrected chi connectivity index (χ1v) is 14.4. The Bertz CT molecular complexity index is 2730. The first-order valence-electron chi connectivity index (χ1n) is 14.4. The number of fused-ring (bicyclic) bond motifs is 12. The van der Waals surface area contributed by atoms with Gasteiger partial charge in [0.05, 0.1) is 44.7 Å². The van der Waals surface area contributed by atoms with Gasteiger partial charge in [-0.25, -0.2) is 4.98 Å². The molecule has 0 amide bonds. The number of para-hydroxylation sites is 5. The largest absolute Gasteiger partial charge is 0.455 e. The maximum atomic E-state index is 6.60. The molecule has 6 aromatic carbocycles. The molecule has 0 unspecified atom stereocenters. The van der Waals surface area contributed by atoms with E-state index in [9.17, 15) is 0 Å². The molecule has 0 atom stereocenters. The Balaban J connectivity index is 1.43. The second-order valence-electron chi connectivity index (χ2n) is 11.0. The van der Waals surface area contributed by atoms with Crippen molar-refractivity contribution in [2.45, 2.75) is 0 Å². The molecule has 200 valence electrons. The second kappa shape index (κ2) is 8.30. The lowest BCUT2D eigenvalue weighted by Gasteiger charge is -2.10. The summed E-state index contributed by atoms with van der Waals surface area (Å²) in [5.74, 6) is 0.797. The SMILES string of the molecule is c1ccc(-n2c3ccc4c5ccccc5oc4c3c3ccc4c(c5ccccc5n4-c4cnc5ccccc5n4)c32)cc1. The highest BCUT2D eigenvalue weighted by atomic mass is 16.3. The average molecular weight is 551 g/mol. The van der Waals surface area contributed by atoms with Gasteiger partial charge >= 0.3 is 0 Å². The fraction of sp³-hybridized carbons (Fsp3) is 0. The van der Waals surface area contributed by atoms with E-state index >= 15 is 0 Å². The van der Waals surface area contributed by atoms with Crippen LogP contribution in [0.5, 0.6) is 0 Å². The molecule has 0 aliphatic heterocycles. The molecule has 0 fully saturated rings. The first kappa shape index (κ1) is 22.7. The minimum absolute atomic E-state index is 0.797. The van der Waals surface area contributed by atoms with E-state index in [-0.39, 0.29) is 0 Å². The van der Waals surface area contributed by atoms with Crippen LogP contribution in [-0.2, 0) is 0 Å². The van der Waals surface area contributed by atoms with Crippen LogP contribution >= 0.6 is 0 Å². The average Bonchev–Trinajstić information content (AvgIpc) is 3.72. The zero-order valence-electron chi connectivity index (χ0n) is 22.9. The van der Waals surface area contributed by atoms with E-state index in [4.69, 9.17) is 14.4 Å². The quantitative estimate of drug-likeness (QED) is 0.215. The monoisotopic (exact) mass is 550 g/mol. The van der Waals surface area contributed by atoms with Crippen LogP contribution in [0.2, 0.25) is 0 Å². The van der Waals surface area contributed by atoms with Crippen molar-refractivity contribution < 1.29 is 4.42 Å². The van der Waals surface area contributed by atoms with Crippen molar-refractivity contribution in [2.75, 3.05) is 0 Å². The van der Waals surface area contributed by atoms with Crippen molar-refractivity contribution in [3.63, 3.8) is 0 Å². The predicted octanol–water partition coefficient (Wildman–Crippen LogP) is 9.72. The molecule has 0 radical (unpaired) electrons. The summed E-state index contributed by atoms with van der Waals surface area (Å²) in [7, 11) is 0. The van der Waals surface area contributed by atoms with Gasteiger partial charge in [-0.05, 0) is 60.7 Å². The summed E-state index contributed by atoms with van der Waals surface area (Å²) in [6.45, 7) is 0. The minimum atomic E-state index is 0.797. The van der Waals surface area contributed by atoms with Gasteiger partial charge in [-0.1, -0.05) is 66.7 Å². The van der Waals surface area contributed by atoms with Crippen LogP contribution in [0.25, 0.3) is 88.1 Å². The topological polar surface area (TPSA) is 48.8 Å². The number of rotatable bonds is 2. The highest BCUT2D eigenvalue weighted by Gasteiger charge is 2.23. The van der Waals surface area contributed by atoms with Crippen LogP contribution in [0.15, 0.2) is 138 Å². The van der Waals surface area contributed by atoms with Gasteiger partial charge in [-0.3, -0.25) is 9.55 Å². The van der Waals surface area contributed by atoms with Gasteiger partial charge in [0.25, 0.3) is 0 Å². The smallest absolute Gasteiger partial charge is 0.156 e. The zero-order chi connectivity index (χ0) is 28.1. The molecule has 10 rings (SSSR count). The molecule has 43 heavy (non-hydrogen) atoms. The van der Waals surface area contributed by atoms with Crippen LogP contribution in [0.1, 0.15) is 0 Å². The van der Waals surface area contributed by atoms with Crippen LogP contribution < -0.4 is 0 Å². The molecular weight excluding hydrogens is 528 g/mol. The van der Waals surface area contributed by atoms with Crippen LogP contribution in [0.4, 0.5) is 0 Å². The number of benzene rings is 6. The normalized spacial score (nSPS) is 12.2. The van der Waals surface area contributed by atoms with Gasteiger partial charge in [0.2, 0.25) is 0 Å². The molecule has 5 nitrogen and oxygen atoms in total. The van der Waals surface area contributed by atoms with Crippen molar-refractivity contribution >= 4 is 76.6 Å². The number of furan rings is 1. The molecule has 4 aromatic heterocycles. The van der Waals surface area contributed by atoms with E-state index < -0.39 is 0 Å². The van der Waals surface area contributed by atoms with Crippen molar-refractivity contribution in [3.8, 4) is 11.5 Å². The lowest BCUT2D eigenvalue weighted by Crippen LogP contribution is -1.99. The fourth-order valence-corrected chi connectivity index (χ4v) is 6.97. The van der Waals surface area contributed by atoms with E-state index in [1.54, 1.807) is 0 Å². The summed E-state index contributed by atoms with van der Waals surface area (Å²) in [6, 6.07) is 44.4. The Labute approximate surface area is 244 Å². The maximum absolute atomic E-state index is 6.60. The van der Waals surface area contributed by atoms with Crippen molar-refractivity contribution in [1.82, 2.24) is 19.1 Å². The van der Waals surface area contributed by atoms with Crippen LogP contribution in [0, 0.1) is 0 Å². The number of hydrogen-bond donors (Lipinski definition) is 0. The van der Waals surface area contributed by atoms with E-state index in [0.717, 1.165) is 77.3 Å². The fourth-order valence-electron chi connectivity index (χ4n) is 6.97. The Morgan fingerprint density at radius 2 is 1.19 bits per heavy atom. The molecule has 0 N–H and O–H groups in total. The third kappa shape index (κ3) is 3.00. The predicted molar refractivity (Wildman–Crippen MR) is 175 cm³/mol. The summed E-state index contributed by atoms with van der Waals surface area (Å²) in [5, 5.41) is 6.88. The van der Waals surface area contributed by atoms with Crippen molar-refractivity contribution in [2.24, 2.45) is 0 Å². The van der Waals surface area contributed by atoms with Crippen LogP contribution in [0.3, 0.4) is 0 Å². The molecule has 0 saturated heterocycles. The summed E-state index contributed by atoms with van der Waals surface area (Å²) in [6.07, 6.45) is 1.88. The van der Waals surface area contributed by atoms with Gasteiger partial charge in [0, 0.05) is 32.6 Å². The van der Waals surface area contributed by atoms with Gasteiger partial charge in [-0.15, -0.1) is 0 Å². The maximum Gasteiger partial charge on any atom is 0.156 e. The van der Waals surface area contributed by atoms with E-state index in [2.05, 4.69) is 100 Å². The van der Waals surface area contributed by atoms with Crippen molar-refractivity contribution in [3.05, 3.63) is 134 Å². The third-order valence-corrected chi connectivity index (χ3v) is 8.75. The van der Waals surface area contributed by atoms with E-state index in [1.807, 2.05) is 42.6 Å². The Morgan fingerprint density at radius 1 is 0.488 bits per heavy atom. The Morgan fingerprint density at radius 3 is 2.07 bits per heavy atom. The highest BCUT2D eigenvalue weighted by Crippen LogP contribution is 2.45. The Kier molecular flexibility index (Phi) is 4.39. The first-order chi connectivity index (χ1) is 21.3. The zero-order valence-corrected chi connectivity index (χ0v) is 22.9. The summed E-state index contributed by atoms with van der Waals surface area (Å²) in [5.41, 5.74) is 9.12. The number of nitrogens with zero attached hydrogens (tertiary/aromatic N) is 4. The lowest BCUT2D eigenvalue weighted by molar-refractivity contribution is 0.673. The van der Waals surface area contributed by atoms with E-state index in [0.29, 0.717) is 0 Å². The van der Waals surface area contributed by atoms with Gasteiger partial charge in [0.15, 0.2) is 5.82 Å². The second-order valence-corrected chi connectivity index (χ2v) is 11.0. The minimum Gasteiger partial charge on any atom is -0.455 e. The molecule has 5 heteroatoms. The summed E-state index contributed by atoms with van der Waals surface area (Å²) < 4.78 is 11.2. The van der Waals surface area contributed by atoms with Gasteiger partial charge in [0.1, 0.15) is 11.2 Å². The number of aromatic nitrogens is 4. The van der Waals surface area contributed by atoms with Crippen LogP contribution in [-0.4, -0.2) is 19.1 Å².